The molecular formula is C18H27NO4. The molecule has 128 valence electrons. The minimum Gasteiger partial charge on any atom is -0.507 e. The molecule has 1 aromatic carbocycles. The van der Waals surface area contributed by atoms with Gasteiger partial charge in [-0.1, -0.05) is 41.5 Å². The number of primary amides is 1. The number of phenolic OH excluding ortho intramolecular Hbond substituents is 1. The number of nitrogens with two attached hydrogens (primary N) is 1. The SMILES string of the molecule is C[C@@H](OC(=O)c1cc(C(C)(C)C)c(O)c(C(C)(C)C)c1)C(N)=O. The molecule has 0 saturated heterocycles. The number of ether oxygens (including phenoxy) is 1. The summed E-state index contributed by atoms with van der Waals surface area (Å²) in [5.74, 6) is -1.15. The molecule has 0 aliphatic heterocycles. The minimum absolute atomic E-state index is 0.185. The third-order valence-electron chi connectivity index (χ3n) is 3.65. The number of hydrogen-bond donors (Lipinski definition) is 2. The summed E-state index contributed by atoms with van der Waals surface area (Å²) in [5, 5.41) is 10.6. The summed E-state index contributed by atoms with van der Waals surface area (Å²) in [5.41, 5.74) is 6.03. The number of benzene rings is 1. The molecule has 0 spiro atoms. The van der Waals surface area contributed by atoms with Crippen molar-refractivity contribution in [3.05, 3.63) is 28.8 Å². The van der Waals surface area contributed by atoms with Crippen LogP contribution in [0.25, 0.3) is 0 Å². The molecule has 0 aliphatic rings. The lowest BCUT2D eigenvalue weighted by Gasteiger charge is -2.28. The van der Waals surface area contributed by atoms with Crippen molar-refractivity contribution in [3.63, 3.8) is 0 Å². The molecule has 1 amide bonds. The molecule has 23 heavy (non-hydrogen) atoms. The van der Waals surface area contributed by atoms with Crippen molar-refractivity contribution in [2.75, 3.05) is 0 Å². The number of hydrogen-bond acceptors (Lipinski definition) is 4. The molecule has 0 aliphatic carbocycles. The first-order chi connectivity index (χ1) is 10.2. The van der Waals surface area contributed by atoms with Gasteiger partial charge in [0.1, 0.15) is 5.75 Å². The van der Waals surface area contributed by atoms with Crippen LogP contribution in [0.3, 0.4) is 0 Å². The number of esters is 1. The van der Waals surface area contributed by atoms with E-state index in [1.807, 2.05) is 41.5 Å². The van der Waals surface area contributed by atoms with Gasteiger partial charge in [-0.15, -0.1) is 0 Å². The van der Waals surface area contributed by atoms with Crippen LogP contribution in [0, 0.1) is 0 Å². The number of aromatic hydroxyl groups is 1. The van der Waals surface area contributed by atoms with Gasteiger partial charge < -0.3 is 15.6 Å². The highest BCUT2D eigenvalue weighted by Crippen LogP contribution is 2.39. The Hall–Kier alpha value is -2.04. The predicted octanol–water partition coefficient (Wildman–Crippen LogP) is 3.02. The minimum atomic E-state index is -1.01. The number of phenols is 1. The summed E-state index contributed by atoms with van der Waals surface area (Å²) in [6.45, 7) is 13.2. The molecule has 1 atom stereocenters. The summed E-state index contributed by atoms with van der Waals surface area (Å²) in [4.78, 5) is 23.4. The van der Waals surface area contributed by atoms with Crippen molar-refractivity contribution in [3.8, 4) is 5.75 Å². The van der Waals surface area contributed by atoms with Crippen molar-refractivity contribution in [1.29, 1.82) is 0 Å². The molecule has 0 heterocycles. The molecule has 0 bridgehead atoms. The van der Waals surface area contributed by atoms with Gasteiger partial charge in [-0.25, -0.2) is 4.79 Å². The van der Waals surface area contributed by atoms with E-state index in [2.05, 4.69) is 0 Å². The molecule has 3 N–H and O–H groups in total. The Morgan fingerprint density at radius 1 is 1.04 bits per heavy atom. The van der Waals surface area contributed by atoms with Crippen molar-refractivity contribution >= 4 is 11.9 Å². The second-order valence-electron chi connectivity index (χ2n) is 7.87. The van der Waals surface area contributed by atoms with Gasteiger partial charge in [0.25, 0.3) is 5.91 Å². The second-order valence-corrected chi connectivity index (χ2v) is 7.87. The highest BCUT2D eigenvalue weighted by atomic mass is 16.5. The summed E-state index contributed by atoms with van der Waals surface area (Å²) in [6, 6.07) is 3.22. The van der Waals surface area contributed by atoms with Crippen LogP contribution in [-0.2, 0) is 20.4 Å². The molecule has 0 radical (unpaired) electrons. The van der Waals surface area contributed by atoms with E-state index in [0.717, 1.165) is 0 Å². The molecule has 5 nitrogen and oxygen atoms in total. The Bertz CT molecular complexity index is 586. The number of carbonyl (C=O) groups excluding carboxylic acids is 2. The predicted molar refractivity (Wildman–Crippen MR) is 89.6 cm³/mol. The van der Waals surface area contributed by atoms with Gasteiger partial charge in [-0.3, -0.25) is 4.79 Å². The maximum Gasteiger partial charge on any atom is 0.338 e. The fourth-order valence-electron chi connectivity index (χ4n) is 2.18. The summed E-state index contributed by atoms with van der Waals surface area (Å²) < 4.78 is 5.08. The van der Waals surface area contributed by atoms with E-state index in [1.165, 1.54) is 6.92 Å². The lowest BCUT2D eigenvalue weighted by atomic mass is 9.78. The topological polar surface area (TPSA) is 89.6 Å². The molecule has 0 unspecified atom stereocenters. The molecular weight excluding hydrogens is 294 g/mol. The lowest BCUT2D eigenvalue weighted by Crippen LogP contribution is -2.30. The maximum atomic E-state index is 12.3. The van der Waals surface area contributed by atoms with Crippen molar-refractivity contribution in [1.82, 2.24) is 0 Å². The van der Waals surface area contributed by atoms with Gasteiger partial charge in [0, 0.05) is 11.1 Å². The Balaban J connectivity index is 3.45. The monoisotopic (exact) mass is 321 g/mol. The van der Waals surface area contributed by atoms with E-state index in [0.29, 0.717) is 16.7 Å². The molecule has 1 aromatic rings. The molecule has 0 fully saturated rings. The van der Waals surface area contributed by atoms with Gasteiger partial charge in [-0.05, 0) is 29.9 Å². The smallest absolute Gasteiger partial charge is 0.338 e. The van der Waals surface area contributed by atoms with Crippen LogP contribution in [0.1, 0.15) is 70.0 Å². The van der Waals surface area contributed by atoms with Crippen LogP contribution in [-0.4, -0.2) is 23.1 Å². The van der Waals surface area contributed by atoms with Crippen LogP contribution in [0.5, 0.6) is 5.75 Å². The van der Waals surface area contributed by atoms with E-state index >= 15 is 0 Å². The summed E-state index contributed by atoms with van der Waals surface area (Å²) >= 11 is 0. The van der Waals surface area contributed by atoms with Crippen molar-refractivity contribution in [2.24, 2.45) is 5.73 Å². The zero-order valence-corrected chi connectivity index (χ0v) is 15.0. The van der Waals surface area contributed by atoms with Crippen LogP contribution in [0.15, 0.2) is 12.1 Å². The highest BCUT2D eigenvalue weighted by molar-refractivity contribution is 5.92. The van der Waals surface area contributed by atoms with Gasteiger partial charge in [-0.2, -0.15) is 0 Å². The van der Waals surface area contributed by atoms with E-state index in [9.17, 15) is 14.7 Å². The summed E-state index contributed by atoms with van der Waals surface area (Å²) in [7, 11) is 0. The first-order valence-corrected chi connectivity index (χ1v) is 7.63. The zero-order valence-electron chi connectivity index (χ0n) is 15.0. The standard InChI is InChI=1S/C18H27NO4/c1-10(15(19)21)23-16(22)11-8-12(17(2,3)4)14(20)13(9-11)18(5,6)7/h8-10,20H,1-7H3,(H2,19,21)/t10-/m1/s1. The number of carbonyl (C=O) groups is 2. The third-order valence-corrected chi connectivity index (χ3v) is 3.65. The zero-order chi connectivity index (χ0) is 18.2. The van der Waals surface area contributed by atoms with Crippen molar-refractivity contribution in [2.45, 2.75) is 65.4 Å². The maximum absolute atomic E-state index is 12.3. The van der Waals surface area contributed by atoms with E-state index in [1.54, 1.807) is 12.1 Å². The van der Waals surface area contributed by atoms with Crippen LogP contribution >= 0.6 is 0 Å². The first kappa shape index (κ1) is 19.0. The van der Waals surface area contributed by atoms with Gasteiger partial charge >= 0.3 is 5.97 Å². The Morgan fingerprint density at radius 2 is 1.43 bits per heavy atom. The van der Waals surface area contributed by atoms with Crippen molar-refractivity contribution < 1.29 is 19.4 Å². The molecule has 1 rings (SSSR count). The fourth-order valence-corrected chi connectivity index (χ4v) is 2.18. The lowest BCUT2D eigenvalue weighted by molar-refractivity contribution is -0.125. The van der Waals surface area contributed by atoms with Crippen LogP contribution < -0.4 is 5.73 Å². The Kier molecular flexibility index (Phi) is 5.14. The second kappa shape index (κ2) is 6.22. The van der Waals surface area contributed by atoms with Crippen LogP contribution in [0.4, 0.5) is 0 Å². The largest absolute Gasteiger partial charge is 0.507 e. The van der Waals surface area contributed by atoms with Gasteiger partial charge in [0.15, 0.2) is 6.10 Å². The van der Waals surface area contributed by atoms with E-state index < -0.39 is 18.0 Å². The number of amides is 1. The van der Waals surface area contributed by atoms with E-state index in [4.69, 9.17) is 10.5 Å². The number of rotatable bonds is 3. The highest BCUT2D eigenvalue weighted by Gasteiger charge is 2.28. The molecule has 0 aromatic heterocycles. The first-order valence-electron chi connectivity index (χ1n) is 7.63. The normalized spacial score (nSPS) is 13.5. The van der Waals surface area contributed by atoms with Gasteiger partial charge in [0.05, 0.1) is 5.56 Å². The average Bonchev–Trinajstić information content (AvgIpc) is 2.35. The Morgan fingerprint density at radius 3 is 1.74 bits per heavy atom. The summed E-state index contributed by atoms with van der Waals surface area (Å²) in [6.07, 6.45) is -1.01. The van der Waals surface area contributed by atoms with Gasteiger partial charge in [0.2, 0.25) is 0 Å². The van der Waals surface area contributed by atoms with Crippen LogP contribution in [0.2, 0.25) is 0 Å². The third kappa shape index (κ3) is 4.47. The molecule has 5 heteroatoms. The fraction of sp³-hybridized carbons (Fsp3) is 0.556. The quantitative estimate of drug-likeness (QED) is 0.837. The average molecular weight is 321 g/mol. The Labute approximate surface area is 137 Å². The van der Waals surface area contributed by atoms with E-state index in [-0.39, 0.29) is 16.6 Å². The molecule has 0 saturated carbocycles.